The highest BCUT2D eigenvalue weighted by Crippen LogP contribution is 2.34. The molecule has 12 N–H and O–H groups in total. The molecule has 1 saturated heterocycles. The number of amides is 3. The lowest BCUT2D eigenvalue weighted by molar-refractivity contribution is -0.140. The summed E-state index contributed by atoms with van der Waals surface area (Å²) in [4.78, 5) is 79.0. The second-order valence-corrected chi connectivity index (χ2v) is 14.2. The summed E-state index contributed by atoms with van der Waals surface area (Å²) in [5, 5.41) is 34.6. The van der Waals surface area contributed by atoms with Gasteiger partial charge in [0.25, 0.3) is 0 Å². The Balaban J connectivity index is 3.20. The molecule has 0 radical (unpaired) electrons. The van der Waals surface area contributed by atoms with Gasteiger partial charge in [-0.05, 0) is 6.92 Å². The standard InChI is InChI=1S/C24H47N7O15S2/c1-2-25-23(39)17(15-47(41,42)43)27-24(40)18(16-48(44,45)46)26-19(32)11-28-3-5-29(12-20(33)34)7-9-31(14-22(37)38)10-8-30(6-4-28)13-21(35)36/h17-18,41-46H,2-16H2,1H3,(H,25,39)(H,26,32)(H,27,40)(H,33,34)(H,35,36)(H,37,38). The van der Waals surface area contributed by atoms with Crippen LogP contribution in [0.5, 0.6) is 0 Å². The van der Waals surface area contributed by atoms with E-state index in [1.807, 2.05) is 0 Å². The van der Waals surface area contributed by atoms with Gasteiger partial charge >= 0.3 is 17.9 Å². The van der Waals surface area contributed by atoms with E-state index in [4.69, 9.17) is 0 Å². The fraction of sp³-hybridized carbons (Fsp3) is 0.750. The van der Waals surface area contributed by atoms with E-state index in [2.05, 4.69) is 16.0 Å². The Morgan fingerprint density at radius 2 is 0.854 bits per heavy atom. The van der Waals surface area contributed by atoms with E-state index >= 15 is 0 Å². The third-order valence-electron chi connectivity index (χ3n) is 6.79. The van der Waals surface area contributed by atoms with Crippen LogP contribution in [-0.2, 0) is 28.8 Å². The fourth-order valence-corrected chi connectivity index (χ4v) is 5.97. The molecule has 2 unspecified atom stereocenters. The normalized spacial score (nSPS) is 18.7. The van der Waals surface area contributed by atoms with Gasteiger partial charge in [0.15, 0.2) is 0 Å². The molecule has 1 fully saturated rings. The molecule has 0 spiro atoms. The number of hydrogen-bond acceptors (Lipinski definition) is 16. The number of carbonyl (C=O) groups excluding carboxylic acids is 3. The molecule has 0 bridgehead atoms. The first-order valence-corrected chi connectivity index (χ1v) is 17.9. The van der Waals surface area contributed by atoms with Crippen LogP contribution in [-0.4, -0.2) is 207 Å². The van der Waals surface area contributed by atoms with E-state index in [0.29, 0.717) is 0 Å². The lowest BCUT2D eigenvalue weighted by atomic mass is 10.2. The maximum atomic E-state index is 13.2. The van der Waals surface area contributed by atoms with E-state index in [0.717, 1.165) is 0 Å². The minimum Gasteiger partial charge on any atom is -0.480 e. The van der Waals surface area contributed by atoms with Crippen molar-refractivity contribution >= 4 is 57.4 Å². The number of rotatable bonds is 17. The van der Waals surface area contributed by atoms with Gasteiger partial charge in [-0.15, -0.1) is 0 Å². The zero-order valence-corrected chi connectivity index (χ0v) is 28.0. The summed E-state index contributed by atoms with van der Waals surface area (Å²) in [7, 11) is -8.73. The summed E-state index contributed by atoms with van der Waals surface area (Å²) < 4.78 is 57.3. The average molecular weight is 738 g/mol. The minimum absolute atomic E-state index is 0.0419. The molecule has 1 aliphatic heterocycles. The van der Waals surface area contributed by atoms with Crippen LogP contribution in [0.2, 0.25) is 0 Å². The van der Waals surface area contributed by atoms with Crippen molar-refractivity contribution in [1.29, 1.82) is 0 Å². The van der Waals surface area contributed by atoms with Crippen molar-refractivity contribution in [2.75, 3.05) is 96.6 Å². The van der Waals surface area contributed by atoms with Crippen molar-refractivity contribution in [3.8, 4) is 0 Å². The quantitative estimate of drug-likeness (QED) is 0.0708. The molecule has 0 aromatic rings. The zero-order valence-electron chi connectivity index (χ0n) is 26.3. The Labute approximate surface area is 279 Å². The summed E-state index contributed by atoms with van der Waals surface area (Å²) in [6.45, 7) is 0.685. The molecule has 2 atom stereocenters. The molecule has 3 amide bonds. The molecule has 24 heteroatoms. The molecular weight excluding hydrogens is 690 g/mol. The average Bonchev–Trinajstić information content (AvgIpc) is 2.91. The van der Waals surface area contributed by atoms with Gasteiger partial charge in [0, 0.05) is 58.9 Å². The predicted molar refractivity (Wildman–Crippen MR) is 172 cm³/mol. The Bertz CT molecular complexity index is 1080. The van der Waals surface area contributed by atoms with Crippen LogP contribution in [0.1, 0.15) is 6.92 Å². The first-order chi connectivity index (χ1) is 22.2. The maximum Gasteiger partial charge on any atom is 0.317 e. The second-order valence-electron chi connectivity index (χ2n) is 11.0. The predicted octanol–water partition coefficient (Wildman–Crippen LogP) is -2.99. The molecule has 0 saturated carbocycles. The molecule has 280 valence electrons. The lowest BCUT2D eigenvalue weighted by Crippen LogP contribution is -2.57. The highest BCUT2D eigenvalue weighted by molar-refractivity contribution is 8.19. The van der Waals surface area contributed by atoms with Crippen LogP contribution in [0.3, 0.4) is 0 Å². The number of carboxylic acids is 3. The number of carbonyl (C=O) groups is 6. The van der Waals surface area contributed by atoms with Crippen molar-refractivity contribution in [1.82, 2.24) is 35.6 Å². The Morgan fingerprint density at radius 3 is 1.15 bits per heavy atom. The molecule has 1 aliphatic rings. The van der Waals surface area contributed by atoms with Crippen molar-refractivity contribution in [2.45, 2.75) is 19.0 Å². The van der Waals surface area contributed by atoms with Crippen LogP contribution in [0.15, 0.2) is 0 Å². The van der Waals surface area contributed by atoms with Gasteiger partial charge in [0.05, 0.1) is 59.4 Å². The Kier molecular flexibility index (Phi) is 18.5. The summed E-state index contributed by atoms with van der Waals surface area (Å²) in [6.07, 6.45) is 0. The SMILES string of the molecule is CCNC(=O)C(CS(O)(O)O)NC(=O)C(CS(O)(O)O)NC(=O)CN1CCN(CC(=O)O)CCN(CC(=O)O)CCN(CC(=O)O)CC1. The van der Waals surface area contributed by atoms with E-state index < -0.39 is 101 Å². The van der Waals surface area contributed by atoms with Crippen molar-refractivity contribution < 1.29 is 71.4 Å². The largest absolute Gasteiger partial charge is 0.480 e. The van der Waals surface area contributed by atoms with E-state index in [-0.39, 0.29) is 65.4 Å². The van der Waals surface area contributed by atoms with Gasteiger partial charge in [0.1, 0.15) is 12.1 Å². The van der Waals surface area contributed by atoms with Crippen molar-refractivity contribution in [2.24, 2.45) is 0 Å². The monoisotopic (exact) mass is 737 g/mol. The summed E-state index contributed by atoms with van der Waals surface area (Å²) in [5.41, 5.74) is 0. The molecule has 48 heavy (non-hydrogen) atoms. The first kappa shape index (κ1) is 43.1. The van der Waals surface area contributed by atoms with Gasteiger partial charge in [-0.1, -0.05) is 0 Å². The molecule has 0 aliphatic carbocycles. The molecule has 0 aromatic carbocycles. The maximum absolute atomic E-state index is 13.2. The molecule has 1 rings (SSSR count). The Morgan fingerprint density at radius 1 is 0.542 bits per heavy atom. The van der Waals surface area contributed by atoms with Gasteiger partial charge < -0.3 is 58.6 Å². The summed E-state index contributed by atoms with van der Waals surface area (Å²) in [5.74, 6) is -8.71. The second kappa shape index (κ2) is 20.6. The molecule has 0 aromatic heterocycles. The smallest absolute Gasteiger partial charge is 0.317 e. The highest BCUT2D eigenvalue weighted by atomic mass is 32.3. The number of likely N-dealkylation sites (N-methyl/N-ethyl adjacent to an activating group) is 1. The highest BCUT2D eigenvalue weighted by Gasteiger charge is 2.34. The van der Waals surface area contributed by atoms with Gasteiger partial charge in [-0.3, -0.25) is 48.4 Å². The van der Waals surface area contributed by atoms with Crippen molar-refractivity contribution in [3.63, 3.8) is 0 Å². The summed E-state index contributed by atoms with van der Waals surface area (Å²) in [6, 6.07) is -3.63. The van der Waals surface area contributed by atoms with Crippen molar-refractivity contribution in [3.05, 3.63) is 0 Å². The van der Waals surface area contributed by atoms with Crippen LogP contribution >= 0.6 is 21.7 Å². The minimum atomic E-state index is -4.42. The number of nitrogens with one attached hydrogen (secondary N) is 3. The van der Waals surface area contributed by atoms with Gasteiger partial charge in [-0.25, -0.2) is 0 Å². The number of carboxylic acid groups (broad SMARTS) is 3. The van der Waals surface area contributed by atoms with E-state index in [9.17, 15) is 71.4 Å². The van der Waals surface area contributed by atoms with E-state index in [1.165, 1.54) is 21.6 Å². The van der Waals surface area contributed by atoms with Crippen LogP contribution in [0.4, 0.5) is 0 Å². The van der Waals surface area contributed by atoms with E-state index in [1.54, 1.807) is 4.90 Å². The van der Waals surface area contributed by atoms with Crippen LogP contribution < -0.4 is 16.0 Å². The van der Waals surface area contributed by atoms with Gasteiger partial charge in [-0.2, -0.15) is 0 Å². The number of nitrogens with zero attached hydrogens (tertiary/aromatic N) is 4. The molecular formula is C24H47N7O15S2. The lowest BCUT2D eigenvalue weighted by Gasteiger charge is -2.33. The third-order valence-corrected chi connectivity index (χ3v) is 8.35. The topological polar surface area (TPSA) is 334 Å². The zero-order chi connectivity index (χ0) is 36.7. The number of hydrogen-bond donors (Lipinski definition) is 12. The fourth-order valence-electron chi connectivity index (χ4n) is 4.61. The Hall–Kier alpha value is -2.88. The first-order valence-electron chi connectivity index (χ1n) is 14.6. The third kappa shape index (κ3) is 19.8. The molecule has 1 heterocycles. The van der Waals surface area contributed by atoms with Crippen LogP contribution in [0, 0.1) is 0 Å². The van der Waals surface area contributed by atoms with Crippen LogP contribution in [0.25, 0.3) is 0 Å². The molecule has 22 nitrogen and oxygen atoms in total. The summed E-state index contributed by atoms with van der Waals surface area (Å²) >= 11 is 0. The number of aliphatic carboxylic acids is 3. The van der Waals surface area contributed by atoms with Gasteiger partial charge in [0.2, 0.25) is 17.7 Å².